The molecule has 3 aromatic rings. The Hall–Kier alpha value is -2.67. The Kier molecular flexibility index (Phi) is 4.12. The van der Waals surface area contributed by atoms with Gasteiger partial charge < -0.3 is 9.30 Å². The van der Waals surface area contributed by atoms with E-state index >= 15 is 0 Å². The molecule has 0 radical (unpaired) electrons. The van der Waals surface area contributed by atoms with E-state index < -0.39 is 5.97 Å². The van der Waals surface area contributed by atoms with Crippen LogP contribution in [0.1, 0.15) is 21.7 Å². The van der Waals surface area contributed by atoms with Crippen molar-refractivity contribution in [3.63, 3.8) is 0 Å². The molecule has 2 heterocycles. The van der Waals surface area contributed by atoms with E-state index in [-0.39, 0.29) is 6.61 Å². The van der Waals surface area contributed by atoms with Gasteiger partial charge in [-0.15, -0.1) is 0 Å². The summed E-state index contributed by atoms with van der Waals surface area (Å²) >= 11 is 5.90. The number of hydrogen-bond donors (Lipinski definition) is 0. The number of ether oxygens (including phenoxy) is 1. The Morgan fingerprint density at radius 1 is 1.39 bits per heavy atom. The molecule has 7 nitrogen and oxygen atoms in total. The van der Waals surface area contributed by atoms with E-state index in [9.17, 15) is 4.79 Å². The fourth-order valence-electron chi connectivity index (χ4n) is 2.14. The maximum Gasteiger partial charge on any atom is 0.338 e. The molecule has 118 valence electrons. The quantitative estimate of drug-likeness (QED) is 0.686. The number of benzene rings is 1. The topological polar surface area (TPSA) is 74.8 Å². The molecule has 0 bridgehead atoms. The first kappa shape index (κ1) is 15.2. The van der Waals surface area contributed by atoms with Crippen LogP contribution in [0.4, 0.5) is 0 Å². The molecule has 0 amide bonds. The van der Waals surface area contributed by atoms with Crippen LogP contribution in [0.25, 0.3) is 5.69 Å². The van der Waals surface area contributed by atoms with Crippen molar-refractivity contribution in [2.24, 2.45) is 7.05 Å². The lowest BCUT2D eigenvalue weighted by Crippen LogP contribution is -2.09. The smallest absolute Gasteiger partial charge is 0.338 e. The van der Waals surface area contributed by atoms with E-state index in [0.717, 1.165) is 11.3 Å². The predicted octanol–water partition coefficient (Wildman–Crippen LogP) is 2.32. The Labute approximate surface area is 137 Å². The van der Waals surface area contributed by atoms with E-state index in [0.29, 0.717) is 16.5 Å². The highest BCUT2D eigenvalue weighted by molar-refractivity contribution is 6.29. The Morgan fingerprint density at radius 3 is 2.83 bits per heavy atom. The van der Waals surface area contributed by atoms with Crippen molar-refractivity contribution in [3.8, 4) is 5.69 Å². The highest BCUT2D eigenvalue weighted by Gasteiger charge is 2.12. The van der Waals surface area contributed by atoms with E-state index in [1.54, 1.807) is 40.8 Å². The lowest BCUT2D eigenvalue weighted by molar-refractivity contribution is 0.0459. The SMILES string of the molecule is Cc1cc(C(=O)OCc2ncc(Cl)n2C)ccc1-n1cncn1. The normalized spacial score (nSPS) is 10.7. The highest BCUT2D eigenvalue weighted by atomic mass is 35.5. The van der Waals surface area contributed by atoms with Crippen molar-refractivity contribution in [1.82, 2.24) is 24.3 Å². The van der Waals surface area contributed by atoms with Crippen molar-refractivity contribution in [3.05, 3.63) is 59.2 Å². The van der Waals surface area contributed by atoms with Crippen LogP contribution in [-0.4, -0.2) is 30.3 Å². The van der Waals surface area contributed by atoms with Crippen LogP contribution < -0.4 is 0 Å². The number of imidazole rings is 1. The molecule has 2 aromatic heterocycles. The molecule has 0 fully saturated rings. The van der Waals surface area contributed by atoms with Crippen LogP contribution in [-0.2, 0) is 18.4 Å². The third-order valence-electron chi connectivity index (χ3n) is 3.46. The van der Waals surface area contributed by atoms with Gasteiger partial charge in [0.05, 0.1) is 17.4 Å². The number of hydrogen-bond acceptors (Lipinski definition) is 5. The van der Waals surface area contributed by atoms with Crippen LogP contribution in [0.3, 0.4) is 0 Å². The van der Waals surface area contributed by atoms with Crippen molar-refractivity contribution in [2.75, 3.05) is 0 Å². The molecular weight excluding hydrogens is 318 g/mol. The van der Waals surface area contributed by atoms with Gasteiger partial charge >= 0.3 is 5.97 Å². The fourth-order valence-corrected chi connectivity index (χ4v) is 2.29. The van der Waals surface area contributed by atoms with Gasteiger partial charge in [-0.25, -0.2) is 19.4 Å². The summed E-state index contributed by atoms with van der Waals surface area (Å²) in [6.07, 6.45) is 4.58. The maximum absolute atomic E-state index is 12.2. The first-order valence-electron chi connectivity index (χ1n) is 6.85. The van der Waals surface area contributed by atoms with Crippen LogP contribution in [0.2, 0.25) is 5.15 Å². The van der Waals surface area contributed by atoms with Gasteiger partial charge in [0.2, 0.25) is 0 Å². The number of carbonyl (C=O) groups excluding carboxylic acids is 1. The molecule has 0 N–H and O–H groups in total. The van der Waals surface area contributed by atoms with E-state index in [2.05, 4.69) is 15.1 Å². The highest BCUT2D eigenvalue weighted by Crippen LogP contribution is 2.16. The van der Waals surface area contributed by atoms with Crippen molar-refractivity contribution >= 4 is 17.6 Å². The van der Waals surface area contributed by atoms with Crippen molar-refractivity contribution in [2.45, 2.75) is 13.5 Å². The fraction of sp³-hybridized carbons (Fsp3) is 0.200. The van der Waals surface area contributed by atoms with Gasteiger partial charge in [0, 0.05) is 7.05 Å². The molecule has 8 heteroatoms. The first-order valence-corrected chi connectivity index (χ1v) is 7.23. The summed E-state index contributed by atoms with van der Waals surface area (Å²) in [7, 11) is 1.76. The van der Waals surface area contributed by atoms with Gasteiger partial charge in [-0.2, -0.15) is 5.10 Å². The van der Waals surface area contributed by atoms with Gasteiger partial charge in [-0.05, 0) is 30.7 Å². The Morgan fingerprint density at radius 2 is 2.22 bits per heavy atom. The van der Waals surface area contributed by atoms with Crippen LogP contribution >= 0.6 is 11.6 Å². The minimum atomic E-state index is -0.419. The molecule has 0 saturated heterocycles. The Bertz CT molecular complexity index is 842. The largest absolute Gasteiger partial charge is 0.454 e. The zero-order valence-electron chi connectivity index (χ0n) is 12.6. The molecule has 0 unspecified atom stereocenters. The summed E-state index contributed by atoms with van der Waals surface area (Å²) in [5.74, 6) is 0.164. The molecule has 0 aliphatic rings. The minimum absolute atomic E-state index is 0.0614. The monoisotopic (exact) mass is 331 g/mol. The number of carbonyl (C=O) groups is 1. The third kappa shape index (κ3) is 3.09. The number of aromatic nitrogens is 5. The average Bonchev–Trinajstić information content (AvgIpc) is 3.17. The molecule has 1 aromatic carbocycles. The second-order valence-electron chi connectivity index (χ2n) is 4.97. The van der Waals surface area contributed by atoms with Crippen molar-refractivity contribution < 1.29 is 9.53 Å². The second-order valence-corrected chi connectivity index (χ2v) is 5.36. The molecule has 0 atom stereocenters. The van der Waals surface area contributed by atoms with E-state index in [1.165, 1.54) is 12.5 Å². The Balaban J connectivity index is 1.73. The number of nitrogens with zero attached hydrogens (tertiary/aromatic N) is 5. The van der Waals surface area contributed by atoms with E-state index in [4.69, 9.17) is 16.3 Å². The van der Waals surface area contributed by atoms with Gasteiger partial charge in [0.1, 0.15) is 30.2 Å². The van der Waals surface area contributed by atoms with Gasteiger partial charge in [0.15, 0.2) is 0 Å². The van der Waals surface area contributed by atoms with Crippen LogP contribution in [0.5, 0.6) is 0 Å². The molecule has 3 rings (SSSR count). The van der Waals surface area contributed by atoms with Crippen LogP contribution in [0, 0.1) is 6.92 Å². The molecule has 0 saturated carbocycles. The lowest BCUT2D eigenvalue weighted by Gasteiger charge is -2.09. The first-order chi connectivity index (χ1) is 11.1. The third-order valence-corrected chi connectivity index (χ3v) is 3.81. The predicted molar refractivity (Wildman–Crippen MR) is 83.4 cm³/mol. The molecule has 0 spiro atoms. The van der Waals surface area contributed by atoms with Gasteiger partial charge in [-0.3, -0.25) is 0 Å². The number of esters is 1. The summed E-state index contributed by atoms with van der Waals surface area (Å²) in [5, 5.41) is 4.57. The number of rotatable bonds is 4. The second kappa shape index (κ2) is 6.21. The number of aryl methyl sites for hydroxylation is 1. The summed E-state index contributed by atoms with van der Waals surface area (Å²) < 4.78 is 8.58. The van der Waals surface area contributed by atoms with Gasteiger partial charge in [-0.1, -0.05) is 11.6 Å². The summed E-state index contributed by atoms with van der Waals surface area (Å²) in [6, 6.07) is 5.25. The molecule has 0 aliphatic carbocycles. The molecule has 23 heavy (non-hydrogen) atoms. The van der Waals surface area contributed by atoms with Crippen LogP contribution in [0.15, 0.2) is 37.1 Å². The zero-order valence-corrected chi connectivity index (χ0v) is 13.4. The zero-order chi connectivity index (χ0) is 16.4. The van der Waals surface area contributed by atoms with Gasteiger partial charge in [0.25, 0.3) is 0 Å². The van der Waals surface area contributed by atoms with Crippen molar-refractivity contribution in [1.29, 1.82) is 0 Å². The lowest BCUT2D eigenvalue weighted by atomic mass is 10.1. The minimum Gasteiger partial charge on any atom is -0.454 e. The average molecular weight is 332 g/mol. The molecular formula is C15H14ClN5O2. The number of halogens is 1. The summed E-state index contributed by atoms with van der Waals surface area (Å²) in [5.41, 5.74) is 2.21. The standard InChI is InChI=1S/C15H14ClN5O2/c1-10-5-11(3-4-12(10)21-9-17-8-19-21)15(22)23-7-14-18-6-13(16)20(14)2/h3-6,8-9H,7H2,1-2H3. The maximum atomic E-state index is 12.2. The summed E-state index contributed by atoms with van der Waals surface area (Å²) in [6.45, 7) is 1.96. The summed E-state index contributed by atoms with van der Waals surface area (Å²) in [4.78, 5) is 20.2. The van der Waals surface area contributed by atoms with E-state index in [1.807, 2.05) is 6.92 Å². The molecule has 0 aliphatic heterocycles.